The highest BCUT2D eigenvalue weighted by Gasteiger charge is 2.33. The number of hydrogen-bond acceptors (Lipinski definition) is 5. The lowest BCUT2D eigenvalue weighted by molar-refractivity contribution is -0.118. The van der Waals surface area contributed by atoms with E-state index in [0.29, 0.717) is 24.5 Å². The van der Waals surface area contributed by atoms with Crippen LogP contribution in [0.25, 0.3) is 0 Å². The van der Waals surface area contributed by atoms with Gasteiger partial charge in [-0.05, 0) is 67.6 Å². The molecule has 1 N–H and O–H groups in total. The van der Waals surface area contributed by atoms with E-state index in [9.17, 15) is 14.0 Å². The van der Waals surface area contributed by atoms with Crippen LogP contribution in [0.1, 0.15) is 24.5 Å². The van der Waals surface area contributed by atoms with E-state index >= 15 is 0 Å². The zero-order valence-electron chi connectivity index (χ0n) is 15.4. The number of nitrogens with one attached hydrogen (secondary N) is 1. The van der Waals surface area contributed by atoms with Crippen molar-refractivity contribution in [3.05, 3.63) is 59.4 Å². The number of thioether (sulfide) groups is 1. The van der Waals surface area contributed by atoms with Crippen LogP contribution in [0.2, 0.25) is 0 Å². The van der Waals surface area contributed by atoms with E-state index in [-0.39, 0.29) is 22.2 Å². The van der Waals surface area contributed by atoms with E-state index in [1.807, 2.05) is 31.2 Å². The van der Waals surface area contributed by atoms with Crippen LogP contribution in [0.3, 0.4) is 0 Å². The fourth-order valence-corrected chi connectivity index (χ4v) is 4.22. The van der Waals surface area contributed by atoms with Crippen LogP contribution < -0.4 is 14.8 Å². The largest absolute Gasteiger partial charge is 0.489 e. The average molecular weight is 401 g/mol. The number of carbonyl (C=O) groups excluding carboxylic acids is 2. The third kappa shape index (κ3) is 4.14. The van der Waals surface area contributed by atoms with Crippen LogP contribution in [0.5, 0.6) is 11.5 Å². The van der Waals surface area contributed by atoms with E-state index < -0.39 is 5.60 Å². The Balaban J connectivity index is 1.34. The van der Waals surface area contributed by atoms with E-state index in [1.54, 1.807) is 6.07 Å². The van der Waals surface area contributed by atoms with Crippen molar-refractivity contribution in [3.63, 3.8) is 0 Å². The van der Waals surface area contributed by atoms with Gasteiger partial charge in [0.05, 0.1) is 5.25 Å². The van der Waals surface area contributed by atoms with E-state index in [4.69, 9.17) is 9.47 Å². The SMILES string of the molecule is CC1(COc2ccc(CC3SC(=O)NC3=O)cc2)CCc2cc(F)ccc2O1. The summed E-state index contributed by atoms with van der Waals surface area (Å²) in [4.78, 5) is 22.9. The summed E-state index contributed by atoms with van der Waals surface area (Å²) in [5.74, 6) is 0.923. The number of rotatable bonds is 5. The second kappa shape index (κ2) is 7.47. The number of aryl methyl sites for hydroxylation is 1. The average Bonchev–Trinajstić information content (AvgIpc) is 2.98. The molecule has 0 saturated carbocycles. The van der Waals surface area contributed by atoms with Crippen LogP contribution in [-0.4, -0.2) is 28.6 Å². The van der Waals surface area contributed by atoms with Crippen LogP contribution in [0, 0.1) is 5.82 Å². The highest BCUT2D eigenvalue weighted by Crippen LogP contribution is 2.34. The first-order valence-corrected chi connectivity index (χ1v) is 9.99. The predicted molar refractivity (Wildman–Crippen MR) is 104 cm³/mol. The smallest absolute Gasteiger partial charge is 0.286 e. The second-order valence-electron chi connectivity index (χ2n) is 7.32. The summed E-state index contributed by atoms with van der Waals surface area (Å²) in [6.07, 6.45) is 1.98. The standard InChI is InChI=1S/C21H20FNO4S/c1-21(9-8-14-11-15(22)4-7-17(14)27-21)12-26-16-5-2-13(3-6-16)10-18-19(24)23-20(25)28-18/h2-7,11,18H,8-10,12H2,1H3,(H,23,24,25). The summed E-state index contributed by atoms with van der Waals surface area (Å²) in [5, 5.41) is 1.63. The van der Waals surface area contributed by atoms with Gasteiger partial charge >= 0.3 is 0 Å². The van der Waals surface area contributed by atoms with Crippen LogP contribution in [-0.2, 0) is 17.6 Å². The van der Waals surface area contributed by atoms with Crippen LogP contribution in [0.15, 0.2) is 42.5 Å². The molecule has 0 radical (unpaired) electrons. The number of imide groups is 1. The molecular formula is C21H20FNO4S. The molecule has 2 amide bonds. The number of halogens is 1. The van der Waals surface area contributed by atoms with Gasteiger partial charge in [0.2, 0.25) is 5.91 Å². The highest BCUT2D eigenvalue weighted by molar-refractivity contribution is 8.15. The number of ether oxygens (including phenoxy) is 2. The Bertz CT molecular complexity index is 917. The predicted octanol–water partition coefficient (Wildman–Crippen LogP) is 3.88. The molecule has 0 aromatic heterocycles. The molecule has 1 saturated heterocycles. The molecular weight excluding hydrogens is 381 g/mol. The van der Waals surface area contributed by atoms with Gasteiger partial charge in [-0.3, -0.25) is 14.9 Å². The Morgan fingerprint density at radius 3 is 2.75 bits per heavy atom. The first kappa shape index (κ1) is 18.8. The van der Waals surface area contributed by atoms with Crippen LogP contribution >= 0.6 is 11.8 Å². The molecule has 146 valence electrons. The quantitative estimate of drug-likeness (QED) is 0.824. The molecule has 2 aromatic rings. The lowest BCUT2D eigenvalue weighted by Crippen LogP contribution is -2.42. The molecule has 2 aliphatic rings. The van der Waals surface area contributed by atoms with Crippen molar-refractivity contribution in [2.24, 2.45) is 0 Å². The minimum atomic E-state index is -0.484. The summed E-state index contributed by atoms with van der Waals surface area (Å²) >= 11 is 1.03. The molecule has 0 bridgehead atoms. The molecule has 2 heterocycles. The van der Waals surface area contributed by atoms with E-state index in [0.717, 1.165) is 35.7 Å². The molecule has 2 aromatic carbocycles. The molecule has 2 aliphatic heterocycles. The molecule has 2 unspecified atom stereocenters. The van der Waals surface area contributed by atoms with Gasteiger partial charge in [-0.25, -0.2) is 4.39 Å². The van der Waals surface area contributed by atoms with Gasteiger partial charge in [-0.1, -0.05) is 23.9 Å². The number of amides is 2. The first-order chi connectivity index (χ1) is 13.4. The zero-order valence-corrected chi connectivity index (χ0v) is 16.2. The van der Waals surface area contributed by atoms with Crippen molar-refractivity contribution in [1.82, 2.24) is 5.32 Å². The van der Waals surface area contributed by atoms with Crippen molar-refractivity contribution >= 4 is 22.9 Å². The maximum Gasteiger partial charge on any atom is 0.286 e. The van der Waals surface area contributed by atoms with Crippen molar-refractivity contribution in [1.29, 1.82) is 0 Å². The number of carbonyl (C=O) groups is 2. The molecule has 7 heteroatoms. The third-order valence-electron chi connectivity index (χ3n) is 4.96. The molecule has 4 rings (SSSR count). The Morgan fingerprint density at radius 2 is 2.04 bits per heavy atom. The van der Waals surface area contributed by atoms with Gasteiger partial charge in [-0.2, -0.15) is 0 Å². The Morgan fingerprint density at radius 1 is 1.25 bits per heavy atom. The van der Waals surface area contributed by atoms with Gasteiger partial charge < -0.3 is 9.47 Å². The topological polar surface area (TPSA) is 64.6 Å². The fraction of sp³-hybridized carbons (Fsp3) is 0.333. The monoisotopic (exact) mass is 401 g/mol. The number of hydrogen-bond donors (Lipinski definition) is 1. The summed E-state index contributed by atoms with van der Waals surface area (Å²) in [6.45, 7) is 2.36. The maximum atomic E-state index is 13.3. The molecule has 0 spiro atoms. The lowest BCUT2D eigenvalue weighted by atomic mass is 9.93. The van der Waals surface area contributed by atoms with Gasteiger partial charge in [0.1, 0.15) is 29.5 Å². The Kier molecular flexibility index (Phi) is 5.02. The summed E-state index contributed by atoms with van der Waals surface area (Å²) in [5.41, 5.74) is 1.36. The van der Waals surface area contributed by atoms with Gasteiger partial charge in [0.15, 0.2) is 0 Å². The number of fused-ring (bicyclic) bond motifs is 1. The van der Waals surface area contributed by atoms with Gasteiger partial charge in [0.25, 0.3) is 5.24 Å². The first-order valence-electron chi connectivity index (χ1n) is 9.11. The summed E-state index contributed by atoms with van der Waals surface area (Å²) < 4.78 is 25.3. The highest BCUT2D eigenvalue weighted by atomic mass is 32.2. The van der Waals surface area contributed by atoms with E-state index in [1.165, 1.54) is 12.1 Å². The van der Waals surface area contributed by atoms with Gasteiger partial charge in [-0.15, -0.1) is 0 Å². The normalized spacial score (nSPS) is 23.7. The minimum Gasteiger partial charge on any atom is -0.489 e. The van der Waals surface area contributed by atoms with Crippen LogP contribution in [0.4, 0.5) is 9.18 Å². The number of benzene rings is 2. The van der Waals surface area contributed by atoms with Gasteiger partial charge in [0, 0.05) is 0 Å². The zero-order chi connectivity index (χ0) is 19.7. The molecule has 1 fully saturated rings. The van der Waals surface area contributed by atoms with Crippen molar-refractivity contribution < 1.29 is 23.5 Å². The Labute approximate surface area is 166 Å². The summed E-state index contributed by atoms with van der Waals surface area (Å²) in [7, 11) is 0. The maximum absolute atomic E-state index is 13.3. The second-order valence-corrected chi connectivity index (χ2v) is 8.50. The molecule has 5 nitrogen and oxygen atoms in total. The molecule has 0 aliphatic carbocycles. The van der Waals surface area contributed by atoms with Crippen molar-refractivity contribution in [3.8, 4) is 11.5 Å². The molecule has 2 atom stereocenters. The van der Waals surface area contributed by atoms with E-state index in [2.05, 4.69) is 5.32 Å². The lowest BCUT2D eigenvalue weighted by Gasteiger charge is -2.35. The fourth-order valence-electron chi connectivity index (χ4n) is 3.36. The Hall–Kier alpha value is -2.54. The molecule has 28 heavy (non-hydrogen) atoms. The third-order valence-corrected chi connectivity index (χ3v) is 5.94. The minimum absolute atomic E-state index is 0.238. The summed E-state index contributed by atoms with van der Waals surface area (Å²) in [6, 6.07) is 12.1. The van der Waals surface area contributed by atoms with Crippen molar-refractivity contribution in [2.75, 3.05) is 6.61 Å². The van der Waals surface area contributed by atoms with Crippen molar-refractivity contribution in [2.45, 2.75) is 37.0 Å².